The normalized spacial score (nSPS) is 18.1. The van der Waals surface area contributed by atoms with Crippen LogP contribution in [-0.2, 0) is 0 Å². The topological polar surface area (TPSA) is 52.5 Å². The zero-order valence-electron chi connectivity index (χ0n) is 15.2. The molecular formula is C24H17Br2NO2. The predicted molar refractivity (Wildman–Crippen MR) is 122 cm³/mol. The van der Waals surface area contributed by atoms with Gasteiger partial charge in [0.1, 0.15) is 11.5 Å². The molecule has 0 aromatic heterocycles. The lowest BCUT2D eigenvalue weighted by Crippen LogP contribution is -2.32. The number of hydrogen-bond donors (Lipinski definition) is 3. The van der Waals surface area contributed by atoms with E-state index in [1.54, 1.807) is 12.1 Å². The summed E-state index contributed by atoms with van der Waals surface area (Å²) >= 11 is 6.99. The Kier molecular flexibility index (Phi) is 4.62. The molecule has 3 nitrogen and oxygen atoms in total. The molecule has 2 unspecified atom stereocenters. The first-order valence-electron chi connectivity index (χ1n) is 9.27. The minimum absolute atomic E-state index is 0.213. The van der Waals surface area contributed by atoms with E-state index in [9.17, 15) is 10.2 Å². The molecule has 0 spiro atoms. The molecule has 0 amide bonds. The van der Waals surface area contributed by atoms with E-state index in [0.717, 1.165) is 42.0 Å². The van der Waals surface area contributed by atoms with Crippen LogP contribution >= 0.6 is 31.9 Å². The van der Waals surface area contributed by atoms with Gasteiger partial charge in [-0.2, -0.15) is 0 Å². The number of benzene rings is 4. The Balaban J connectivity index is 1.82. The summed E-state index contributed by atoms with van der Waals surface area (Å²) in [6.45, 7) is 0. The first-order chi connectivity index (χ1) is 14.0. The van der Waals surface area contributed by atoms with Crippen molar-refractivity contribution in [3.05, 3.63) is 104 Å². The fourth-order valence-corrected chi connectivity index (χ4v) is 4.73. The molecule has 0 saturated heterocycles. The molecule has 3 N–H and O–H groups in total. The van der Waals surface area contributed by atoms with Crippen molar-refractivity contribution < 1.29 is 10.2 Å². The molecule has 1 aliphatic heterocycles. The molecule has 0 aliphatic carbocycles. The largest absolute Gasteiger partial charge is 0.508 e. The highest BCUT2D eigenvalue weighted by molar-refractivity contribution is 9.10. The summed E-state index contributed by atoms with van der Waals surface area (Å²) in [7, 11) is 0. The standard InChI is InChI=1S/C24H17Br2NO2/c25-16-7-1-14(2-8-16)23-21-18(28)11-5-13-6-12-19(29)22(20(13)21)24(27-23)15-3-9-17(26)10-4-15/h1-12,23-24,27-29H. The molecule has 4 aromatic rings. The van der Waals surface area contributed by atoms with Crippen LogP contribution in [0.25, 0.3) is 10.8 Å². The van der Waals surface area contributed by atoms with Gasteiger partial charge in [0.15, 0.2) is 0 Å². The van der Waals surface area contributed by atoms with E-state index in [0.29, 0.717) is 0 Å². The van der Waals surface area contributed by atoms with Crippen LogP contribution in [0, 0.1) is 0 Å². The Morgan fingerprint density at radius 2 is 1.00 bits per heavy atom. The van der Waals surface area contributed by atoms with Crippen LogP contribution < -0.4 is 5.32 Å². The van der Waals surface area contributed by atoms with Gasteiger partial charge in [0.2, 0.25) is 0 Å². The van der Waals surface area contributed by atoms with Crippen molar-refractivity contribution in [2.24, 2.45) is 0 Å². The Morgan fingerprint density at radius 1 is 0.586 bits per heavy atom. The number of phenolic OH excluding ortho intramolecular Hbond substituents is 2. The summed E-state index contributed by atoms with van der Waals surface area (Å²) < 4.78 is 2.00. The minimum Gasteiger partial charge on any atom is -0.508 e. The predicted octanol–water partition coefficient (Wildman–Crippen LogP) is 6.56. The number of nitrogens with one attached hydrogen (secondary N) is 1. The molecule has 0 fully saturated rings. The summed E-state index contributed by atoms with van der Waals surface area (Å²) in [5.74, 6) is 0.443. The fourth-order valence-electron chi connectivity index (χ4n) is 4.21. The molecule has 1 heterocycles. The maximum atomic E-state index is 10.8. The van der Waals surface area contributed by atoms with Gasteiger partial charge in [-0.3, -0.25) is 5.32 Å². The maximum Gasteiger partial charge on any atom is 0.121 e. The van der Waals surface area contributed by atoms with Gasteiger partial charge in [-0.1, -0.05) is 68.3 Å². The summed E-state index contributed by atoms with van der Waals surface area (Å²) in [6.07, 6.45) is 0. The van der Waals surface area contributed by atoms with E-state index < -0.39 is 0 Å². The van der Waals surface area contributed by atoms with Gasteiger partial charge in [0, 0.05) is 20.1 Å². The van der Waals surface area contributed by atoms with Crippen LogP contribution in [0.3, 0.4) is 0 Å². The SMILES string of the molecule is Oc1ccc2ccc(O)c3c2c1C(c1ccc(Br)cc1)NC3c1ccc(Br)cc1. The monoisotopic (exact) mass is 509 g/mol. The van der Waals surface area contributed by atoms with Crippen LogP contribution in [0.1, 0.15) is 34.3 Å². The van der Waals surface area contributed by atoms with Gasteiger partial charge in [-0.15, -0.1) is 0 Å². The zero-order valence-corrected chi connectivity index (χ0v) is 18.4. The van der Waals surface area contributed by atoms with Crippen molar-refractivity contribution >= 4 is 42.6 Å². The van der Waals surface area contributed by atoms with Crippen LogP contribution in [0.5, 0.6) is 11.5 Å². The first-order valence-corrected chi connectivity index (χ1v) is 10.9. The highest BCUT2D eigenvalue weighted by Gasteiger charge is 2.34. The average Bonchev–Trinajstić information content (AvgIpc) is 2.73. The first kappa shape index (κ1) is 18.7. The number of halogens is 2. The van der Waals surface area contributed by atoms with Crippen molar-refractivity contribution in [3.8, 4) is 11.5 Å². The van der Waals surface area contributed by atoms with Gasteiger partial charge in [0.25, 0.3) is 0 Å². The summed E-state index contributed by atoms with van der Waals surface area (Å²) in [4.78, 5) is 0. The molecule has 5 heteroatoms. The van der Waals surface area contributed by atoms with Crippen LogP contribution in [0.2, 0.25) is 0 Å². The zero-order chi connectivity index (χ0) is 20.1. The maximum absolute atomic E-state index is 10.8. The number of rotatable bonds is 2. The molecule has 144 valence electrons. The van der Waals surface area contributed by atoms with Crippen LogP contribution in [0.4, 0.5) is 0 Å². The Bertz CT molecular complexity index is 1130. The molecule has 5 rings (SSSR count). The van der Waals surface area contributed by atoms with E-state index in [4.69, 9.17) is 0 Å². The second kappa shape index (κ2) is 7.17. The fraction of sp³-hybridized carbons (Fsp3) is 0.0833. The number of aromatic hydroxyl groups is 2. The van der Waals surface area contributed by atoms with Crippen molar-refractivity contribution in [2.45, 2.75) is 12.1 Å². The third-order valence-corrected chi connectivity index (χ3v) is 6.60. The van der Waals surface area contributed by atoms with Crippen LogP contribution in [-0.4, -0.2) is 10.2 Å². The van der Waals surface area contributed by atoms with Gasteiger partial charge in [-0.05, 0) is 58.3 Å². The highest BCUT2D eigenvalue weighted by atomic mass is 79.9. The Hall–Kier alpha value is -2.34. The highest BCUT2D eigenvalue weighted by Crippen LogP contribution is 2.48. The lowest BCUT2D eigenvalue weighted by atomic mass is 9.81. The van der Waals surface area contributed by atoms with E-state index in [1.165, 1.54) is 0 Å². The van der Waals surface area contributed by atoms with Gasteiger partial charge in [0.05, 0.1) is 12.1 Å². The van der Waals surface area contributed by atoms with Gasteiger partial charge in [-0.25, -0.2) is 0 Å². The summed E-state index contributed by atoms with van der Waals surface area (Å²) in [6, 6.07) is 23.0. The smallest absolute Gasteiger partial charge is 0.121 e. The molecule has 2 atom stereocenters. The minimum atomic E-state index is -0.213. The average molecular weight is 511 g/mol. The van der Waals surface area contributed by atoms with Crippen molar-refractivity contribution in [1.82, 2.24) is 5.32 Å². The van der Waals surface area contributed by atoms with E-state index in [1.807, 2.05) is 60.7 Å². The third kappa shape index (κ3) is 3.14. The molecule has 1 aliphatic rings. The van der Waals surface area contributed by atoms with E-state index in [-0.39, 0.29) is 23.6 Å². The molecular weight excluding hydrogens is 494 g/mol. The van der Waals surface area contributed by atoms with Gasteiger partial charge >= 0.3 is 0 Å². The molecule has 4 aromatic carbocycles. The van der Waals surface area contributed by atoms with Crippen LogP contribution in [0.15, 0.2) is 81.7 Å². The molecule has 29 heavy (non-hydrogen) atoms. The lowest BCUT2D eigenvalue weighted by molar-refractivity contribution is 0.432. The Labute approximate surface area is 185 Å². The summed E-state index contributed by atoms with van der Waals surface area (Å²) in [5, 5.41) is 27.2. The van der Waals surface area contributed by atoms with Crippen molar-refractivity contribution in [1.29, 1.82) is 0 Å². The molecule has 0 saturated carbocycles. The number of phenols is 2. The Morgan fingerprint density at radius 3 is 1.41 bits per heavy atom. The summed E-state index contributed by atoms with van der Waals surface area (Å²) in [5.41, 5.74) is 3.69. The van der Waals surface area contributed by atoms with Crippen molar-refractivity contribution in [3.63, 3.8) is 0 Å². The van der Waals surface area contributed by atoms with E-state index >= 15 is 0 Å². The third-order valence-electron chi connectivity index (χ3n) is 5.54. The van der Waals surface area contributed by atoms with Crippen molar-refractivity contribution in [2.75, 3.05) is 0 Å². The molecule has 0 bridgehead atoms. The quantitative estimate of drug-likeness (QED) is 0.286. The second-order valence-corrected chi connectivity index (χ2v) is 9.06. The second-order valence-electron chi connectivity index (χ2n) is 7.23. The molecule has 0 radical (unpaired) electrons. The van der Waals surface area contributed by atoms with Gasteiger partial charge < -0.3 is 10.2 Å². The number of hydrogen-bond acceptors (Lipinski definition) is 3. The van der Waals surface area contributed by atoms with E-state index in [2.05, 4.69) is 37.2 Å². The lowest BCUT2D eigenvalue weighted by Gasteiger charge is -2.35.